The van der Waals surface area contributed by atoms with Gasteiger partial charge in [-0.3, -0.25) is 0 Å². The summed E-state index contributed by atoms with van der Waals surface area (Å²) in [6, 6.07) is 9.88. The Hall–Kier alpha value is -0.440. The number of halogens is 2. The van der Waals surface area contributed by atoms with Crippen LogP contribution in [0.3, 0.4) is 0 Å². The van der Waals surface area contributed by atoms with Crippen molar-refractivity contribution >= 4 is 28.9 Å². The first-order valence-electron chi connectivity index (χ1n) is 4.48. The third-order valence-corrected chi connectivity index (χ3v) is 2.82. The fraction of sp³-hybridized carbons (Fsp3) is 0.400. The SMILES string of the molecule is ClC1(Cl)COCCN1c1ccccc1. The smallest absolute Gasteiger partial charge is 0.214 e. The van der Waals surface area contributed by atoms with Crippen molar-refractivity contribution in [2.75, 3.05) is 24.7 Å². The van der Waals surface area contributed by atoms with E-state index in [2.05, 4.69) is 0 Å². The van der Waals surface area contributed by atoms with Gasteiger partial charge in [-0.25, -0.2) is 0 Å². The van der Waals surface area contributed by atoms with E-state index < -0.39 is 4.46 Å². The number of ether oxygens (including phenoxy) is 1. The fourth-order valence-electron chi connectivity index (χ4n) is 1.52. The van der Waals surface area contributed by atoms with Gasteiger partial charge in [-0.05, 0) is 12.1 Å². The number of nitrogens with zero attached hydrogens (tertiary/aromatic N) is 1. The molecule has 0 N–H and O–H groups in total. The molecule has 1 saturated heterocycles. The molecule has 0 amide bonds. The summed E-state index contributed by atoms with van der Waals surface area (Å²) in [6.45, 7) is 1.72. The molecule has 14 heavy (non-hydrogen) atoms. The van der Waals surface area contributed by atoms with Crippen LogP contribution >= 0.6 is 23.2 Å². The van der Waals surface area contributed by atoms with Crippen molar-refractivity contribution in [3.05, 3.63) is 30.3 Å². The molecule has 0 atom stereocenters. The number of benzene rings is 1. The van der Waals surface area contributed by atoms with Gasteiger partial charge in [-0.2, -0.15) is 0 Å². The first-order valence-corrected chi connectivity index (χ1v) is 5.24. The topological polar surface area (TPSA) is 12.5 Å². The lowest BCUT2D eigenvalue weighted by Crippen LogP contribution is -2.49. The van der Waals surface area contributed by atoms with Crippen molar-refractivity contribution < 1.29 is 4.74 Å². The summed E-state index contributed by atoms with van der Waals surface area (Å²) in [5.41, 5.74) is 1.03. The van der Waals surface area contributed by atoms with Crippen molar-refractivity contribution in [3.63, 3.8) is 0 Å². The second kappa shape index (κ2) is 3.97. The minimum Gasteiger partial charge on any atom is -0.374 e. The fourth-order valence-corrected chi connectivity index (χ4v) is 2.04. The van der Waals surface area contributed by atoms with E-state index in [0.717, 1.165) is 12.2 Å². The minimum atomic E-state index is -0.945. The highest BCUT2D eigenvalue weighted by Gasteiger charge is 2.35. The highest BCUT2D eigenvalue weighted by atomic mass is 35.5. The number of para-hydroxylation sites is 1. The molecule has 0 radical (unpaired) electrons. The average molecular weight is 232 g/mol. The Morgan fingerprint density at radius 2 is 1.93 bits per heavy atom. The van der Waals surface area contributed by atoms with Gasteiger partial charge in [0.05, 0.1) is 13.2 Å². The molecule has 1 heterocycles. The van der Waals surface area contributed by atoms with Gasteiger partial charge in [-0.1, -0.05) is 41.4 Å². The normalized spacial score (nSPS) is 20.9. The molecule has 1 aromatic carbocycles. The maximum Gasteiger partial charge on any atom is 0.214 e. The summed E-state index contributed by atoms with van der Waals surface area (Å²) < 4.78 is 4.29. The van der Waals surface area contributed by atoms with Gasteiger partial charge in [0.1, 0.15) is 0 Å². The highest BCUT2D eigenvalue weighted by Crippen LogP contribution is 2.33. The molecule has 2 nitrogen and oxygen atoms in total. The second-order valence-electron chi connectivity index (χ2n) is 3.21. The lowest BCUT2D eigenvalue weighted by molar-refractivity contribution is 0.103. The standard InChI is InChI=1S/C10H11Cl2NO/c11-10(12)8-14-7-6-13(10)9-4-2-1-3-5-9/h1-5H,6-8H2. The predicted octanol–water partition coefficient (Wildman–Crippen LogP) is 2.65. The van der Waals surface area contributed by atoms with Gasteiger partial charge in [0.15, 0.2) is 0 Å². The van der Waals surface area contributed by atoms with Crippen LogP contribution in [0, 0.1) is 0 Å². The molecular weight excluding hydrogens is 221 g/mol. The third-order valence-electron chi connectivity index (χ3n) is 2.20. The first-order chi connectivity index (χ1) is 6.70. The Morgan fingerprint density at radius 1 is 1.21 bits per heavy atom. The molecule has 0 saturated carbocycles. The molecule has 1 aliphatic rings. The van der Waals surface area contributed by atoms with Crippen LogP contribution in [-0.4, -0.2) is 24.2 Å². The van der Waals surface area contributed by atoms with Gasteiger partial charge < -0.3 is 9.64 Å². The zero-order valence-electron chi connectivity index (χ0n) is 7.62. The van der Waals surface area contributed by atoms with E-state index >= 15 is 0 Å². The molecule has 2 rings (SSSR count). The van der Waals surface area contributed by atoms with Crippen molar-refractivity contribution in [2.24, 2.45) is 0 Å². The van der Waals surface area contributed by atoms with E-state index in [1.165, 1.54) is 0 Å². The summed E-state index contributed by atoms with van der Waals surface area (Å²) in [6.07, 6.45) is 0. The van der Waals surface area contributed by atoms with Crippen LogP contribution in [0.1, 0.15) is 0 Å². The lowest BCUT2D eigenvalue weighted by atomic mass is 10.2. The molecule has 1 fully saturated rings. The summed E-state index contributed by atoms with van der Waals surface area (Å²) in [5, 5.41) is 0. The van der Waals surface area contributed by atoms with Crippen molar-refractivity contribution in [2.45, 2.75) is 4.46 Å². The Balaban J connectivity index is 2.24. The molecule has 1 aliphatic heterocycles. The second-order valence-corrected chi connectivity index (χ2v) is 4.65. The number of anilines is 1. The maximum absolute atomic E-state index is 6.14. The van der Waals surface area contributed by atoms with Gasteiger partial charge in [0.2, 0.25) is 4.46 Å². The van der Waals surface area contributed by atoms with Crippen LogP contribution in [-0.2, 0) is 4.74 Å². The lowest BCUT2D eigenvalue weighted by Gasteiger charge is -2.39. The van der Waals surface area contributed by atoms with Gasteiger partial charge >= 0.3 is 0 Å². The molecule has 4 heteroatoms. The zero-order valence-corrected chi connectivity index (χ0v) is 9.13. The largest absolute Gasteiger partial charge is 0.374 e. The van der Waals surface area contributed by atoms with E-state index in [0.29, 0.717) is 13.2 Å². The van der Waals surface area contributed by atoms with Crippen LogP contribution in [0.2, 0.25) is 0 Å². The Bertz CT molecular complexity index is 302. The van der Waals surface area contributed by atoms with Gasteiger partial charge in [0, 0.05) is 12.2 Å². The van der Waals surface area contributed by atoms with Crippen LogP contribution in [0.25, 0.3) is 0 Å². The van der Waals surface area contributed by atoms with Crippen molar-refractivity contribution in [3.8, 4) is 0 Å². The minimum absolute atomic E-state index is 0.338. The van der Waals surface area contributed by atoms with Crippen LogP contribution < -0.4 is 4.90 Å². The van der Waals surface area contributed by atoms with Crippen LogP contribution in [0.5, 0.6) is 0 Å². The number of alkyl halides is 2. The van der Waals surface area contributed by atoms with Crippen molar-refractivity contribution in [1.82, 2.24) is 0 Å². The number of morpholine rings is 1. The molecule has 76 valence electrons. The van der Waals surface area contributed by atoms with Gasteiger partial charge in [0.25, 0.3) is 0 Å². The number of rotatable bonds is 1. The van der Waals surface area contributed by atoms with Gasteiger partial charge in [-0.15, -0.1) is 0 Å². The average Bonchev–Trinajstić information content (AvgIpc) is 2.18. The summed E-state index contributed by atoms with van der Waals surface area (Å²) in [7, 11) is 0. The number of hydrogen-bond donors (Lipinski definition) is 0. The van der Waals surface area contributed by atoms with Crippen LogP contribution in [0.4, 0.5) is 5.69 Å². The summed E-state index contributed by atoms with van der Waals surface area (Å²) in [5.74, 6) is 0. The third kappa shape index (κ3) is 1.97. The summed E-state index contributed by atoms with van der Waals surface area (Å²) in [4.78, 5) is 1.94. The Kier molecular flexibility index (Phi) is 2.86. The first kappa shape index (κ1) is 10.1. The molecule has 0 bridgehead atoms. The van der Waals surface area contributed by atoms with E-state index in [1.807, 2.05) is 35.2 Å². The van der Waals surface area contributed by atoms with E-state index in [4.69, 9.17) is 27.9 Å². The molecule has 0 aliphatic carbocycles. The molecule has 0 spiro atoms. The Morgan fingerprint density at radius 3 is 2.57 bits per heavy atom. The van der Waals surface area contributed by atoms with Crippen LogP contribution in [0.15, 0.2) is 30.3 Å². The highest BCUT2D eigenvalue weighted by molar-refractivity contribution is 6.49. The van der Waals surface area contributed by atoms with E-state index in [9.17, 15) is 0 Å². The van der Waals surface area contributed by atoms with Crippen molar-refractivity contribution in [1.29, 1.82) is 0 Å². The monoisotopic (exact) mass is 231 g/mol. The Labute approximate surface area is 93.4 Å². The molecule has 1 aromatic rings. The van der Waals surface area contributed by atoms with E-state index in [-0.39, 0.29) is 0 Å². The quantitative estimate of drug-likeness (QED) is 0.545. The molecular formula is C10H11Cl2NO. The predicted molar refractivity (Wildman–Crippen MR) is 59.0 cm³/mol. The number of hydrogen-bond acceptors (Lipinski definition) is 2. The maximum atomic E-state index is 6.14. The molecule has 0 aromatic heterocycles. The zero-order chi connectivity index (χ0) is 10.0. The molecule has 0 unspecified atom stereocenters. The summed E-state index contributed by atoms with van der Waals surface area (Å²) >= 11 is 12.3. The van der Waals surface area contributed by atoms with E-state index in [1.54, 1.807) is 0 Å².